The minimum Gasteiger partial charge on any atom is -0.506 e. The molecule has 6 N–H and O–H groups in total. The maximum Gasteiger partial charge on any atom is 0.409 e. The number of phenolic OH excluding ortho intramolecular Hbond substituents is 1. The number of aromatic nitrogens is 4. The van der Waals surface area contributed by atoms with Gasteiger partial charge in [-0.2, -0.15) is 0 Å². The molecule has 0 saturated heterocycles. The van der Waals surface area contributed by atoms with Crippen LogP contribution in [0.15, 0.2) is 95.8 Å². The van der Waals surface area contributed by atoms with Crippen molar-refractivity contribution in [1.29, 1.82) is 0 Å². The molecule has 0 radical (unpaired) electrons. The summed E-state index contributed by atoms with van der Waals surface area (Å²) in [6.45, 7) is 1.41. The summed E-state index contributed by atoms with van der Waals surface area (Å²) in [4.78, 5) is 25.7. The molecule has 0 aliphatic heterocycles. The molecule has 47 heavy (non-hydrogen) atoms. The second kappa shape index (κ2) is 15.1. The molecule has 1 amide bonds. The maximum absolute atomic E-state index is 11.7. The van der Waals surface area contributed by atoms with E-state index in [0.29, 0.717) is 35.2 Å². The molecule has 13 heteroatoms. The molecule has 0 spiro atoms. The SMILES string of the molecule is F.F.O=C(O)Nc1cc(CCCn2nnc3cc(CNC[C@@H](O)c4ccc(O)c5[nH]c(=O)ccc45)ccc32)ccc1-c1ccccc1. The number of aromatic amines is 1. The van der Waals surface area contributed by atoms with Gasteiger partial charge in [-0.15, -0.1) is 5.10 Å². The molecular formula is C34H34F2N6O5. The summed E-state index contributed by atoms with van der Waals surface area (Å²) in [5.41, 5.74) is 6.59. The number of fused-ring (bicyclic) bond motifs is 2. The zero-order chi connectivity index (χ0) is 31.3. The van der Waals surface area contributed by atoms with Crippen molar-refractivity contribution >= 4 is 33.7 Å². The number of nitrogens with zero attached hydrogens (tertiary/aromatic N) is 3. The van der Waals surface area contributed by atoms with E-state index in [1.165, 1.54) is 12.1 Å². The van der Waals surface area contributed by atoms with Crippen LogP contribution in [0.2, 0.25) is 0 Å². The molecule has 0 unspecified atom stereocenters. The van der Waals surface area contributed by atoms with Crippen molar-refractivity contribution < 1.29 is 29.5 Å². The Morgan fingerprint density at radius 2 is 1.72 bits per heavy atom. The van der Waals surface area contributed by atoms with E-state index in [4.69, 9.17) is 0 Å². The molecule has 6 rings (SSSR count). The standard InChI is InChI=1S/C34H32N6O5.2FH/c41-30-14-11-25(26-12-15-32(43)37-33(26)30)31(42)20-35-19-22-9-13-29-28(18-22)38-39-40(29)16-4-5-21-8-10-24(23-6-2-1-3-7-23)27(17-21)36-34(44)45;;/h1-3,6-15,17-18,31,35-36,41-42H,4-5,16,19-20H2,(H,37,43)(H,44,45);2*1H/t31-;;/m1../s1. The number of benzene rings is 4. The van der Waals surface area contributed by atoms with Crippen LogP contribution in [0.5, 0.6) is 5.75 Å². The Balaban J connectivity index is 0.00000250. The van der Waals surface area contributed by atoms with E-state index in [1.807, 2.05) is 71.4 Å². The minimum atomic E-state index is -1.10. The third-order valence-electron chi connectivity index (χ3n) is 7.76. The first-order valence-corrected chi connectivity index (χ1v) is 14.6. The zero-order valence-electron chi connectivity index (χ0n) is 25.1. The quantitative estimate of drug-likeness (QED) is 0.108. The molecule has 2 aromatic heterocycles. The van der Waals surface area contributed by atoms with Crippen molar-refractivity contribution in [1.82, 2.24) is 25.3 Å². The number of pyridine rings is 1. The van der Waals surface area contributed by atoms with E-state index in [1.54, 1.807) is 12.1 Å². The number of amides is 1. The molecular weight excluding hydrogens is 610 g/mol. The number of nitrogens with one attached hydrogen (secondary N) is 3. The maximum atomic E-state index is 11.7. The zero-order valence-corrected chi connectivity index (χ0v) is 25.1. The Morgan fingerprint density at radius 1 is 0.936 bits per heavy atom. The van der Waals surface area contributed by atoms with Crippen LogP contribution in [0.1, 0.15) is 29.2 Å². The molecule has 0 fully saturated rings. The molecule has 0 bridgehead atoms. The van der Waals surface area contributed by atoms with E-state index < -0.39 is 12.2 Å². The number of halogens is 2. The second-order valence-electron chi connectivity index (χ2n) is 10.8. The van der Waals surface area contributed by atoms with E-state index >= 15 is 0 Å². The van der Waals surface area contributed by atoms with Gasteiger partial charge in [0.05, 0.1) is 22.8 Å². The lowest BCUT2D eigenvalue weighted by Gasteiger charge is -2.15. The lowest BCUT2D eigenvalue weighted by atomic mass is 9.99. The summed E-state index contributed by atoms with van der Waals surface area (Å²) in [5, 5.41) is 45.3. The number of aliphatic hydroxyl groups excluding tert-OH is 1. The fourth-order valence-corrected chi connectivity index (χ4v) is 5.57. The summed E-state index contributed by atoms with van der Waals surface area (Å²) in [5.74, 6) is -0.0485. The van der Waals surface area contributed by atoms with E-state index in [9.17, 15) is 24.9 Å². The summed E-state index contributed by atoms with van der Waals surface area (Å²) >= 11 is 0. The normalized spacial score (nSPS) is 11.5. The minimum absolute atomic E-state index is 0. The van der Waals surface area contributed by atoms with Crippen LogP contribution in [-0.2, 0) is 19.5 Å². The number of carbonyl (C=O) groups is 1. The Morgan fingerprint density at radius 3 is 2.51 bits per heavy atom. The monoisotopic (exact) mass is 644 g/mol. The number of rotatable bonds is 11. The summed E-state index contributed by atoms with van der Waals surface area (Å²) in [6.07, 6.45) is -0.430. The molecule has 244 valence electrons. The highest BCUT2D eigenvalue weighted by Gasteiger charge is 2.15. The molecule has 0 aliphatic rings. The van der Waals surface area contributed by atoms with Crippen molar-refractivity contribution in [3.63, 3.8) is 0 Å². The fourth-order valence-electron chi connectivity index (χ4n) is 5.57. The van der Waals surface area contributed by atoms with E-state index in [-0.39, 0.29) is 27.3 Å². The third kappa shape index (κ3) is 7.77. The van der Waals surface area contributed by atoms with E-state index in [2.05, 4.69) is 25.9 Å². The van der Waals surface area contributed by atoms with Gasteiger partial charge in [0.25, 0.3) is 0 Å². The van der Waals surface area contributed by atoms with Gasteiger partial charge in [-0.3, -0.25) is 19.5 Å². The van der Waals surface area contributed by atoms with Crippen LogP contribution in [0.3, 0.4) is 0 Å². The van der Waals surface area contributed by atoms with Crippen molar-refractivity contribution in [3.05, 3.63) is 118 Å². The van der Waals surface area contributed by atoms with Gasteiger partial charge >= 0.3 is 6.09 Å². The van der Waals surface area contributed by atoms with Crippen LogP contribution in [0, 0.1) is 0 Å². The van der Waals surface area contributed by atoms with Crippen LogP contribution in [0.25, 0.3) is 33.1 Å². The third-order valence-corrected chi connectivity index (χ3v) is 7.76. The Hall–Kier alpha value is -5.66. The predicted octanol–water partition coefficient (Wildman–Crippen LogP) is 5.50. The number of H-pyrrole nitrogens is 1. The van der Waals surface area contributed by atoms with Crippen LogP contribution in [-0.4, -0.2) is 47.9 Å². The highest BCUT2D eigenvalue weighted by atomic mass is 19.0. The highest BCUT2D eigenvalue weighted by Crippen LogP contribution is 2.30. The summed E-state index contributed by atoms with van der Waals surface area (Å²) in [6, 6.07) is 27.5. The van der Waals surface area contributed by atoms with Gasteiger partial charge < -0.3 is 25.6 Å². The molecule has 4 aromatic carbocycles. The smallest absolute Gasteiger partial charge is 0.409 e. The summed E-state index contributed by atoms with van der Waals surface area (Å²) < 4.78 is 1.87. The average Bonchev–Trinajstić information content (AvgIpc) is 3.44. The number of aliphatic hydroxyl groups is 1. The lowest BCUT2D eigenvalue weighted by Crippen LogP contribution is -2.21. The molecule has 6 aromatic rings. The number of hydrogen-bond donors (Lipinski definition) is 6. The number of anilines is 1. The van der Waals surface area contributed by atoms with Gasteiger partial charge in [0.1, 0.15) is 11.3 Å². The second-order valence-corrected chi connectivity index (χ2v) is 10.8. The first-order valence-electron chi connectivity index (χ1n) is 14.6. The predicted molar refractivity (Wildman–Crippen MR) is 177 cm³/mol. The van der Waals surface area contributed by atoms with Crippen LogP contribution < -0.4 is 16.2 Å². The van der Waals surface area contributed by atoms with Crippen molar-refractivity contribution in [2.24, 2.45) is 0 Å². The van der Waals surface area contributed by atoms with Gasteiger partial charge in [0.2, 0.25) is 5.56 Å². The first kappa shape index (κ1) is 34.2. The number of hydrogen-bond acceptors (Lipinski definition) is 7. The Labute approximate surface area is 267 Å². The molecule has 1 atom stereocenters. The number of aryl methyl sites for hydroxylation is 2. The molecule has 2 heterocycles. The molecule has 0 saturated carbocycles. The fraction of sp³-hybridized carbons (Fsp3) is 0.176. The van der Waals surface area contributed by atoms with Crippen molar-refractivity contribution in [2.45, 2.75) is 32.0 Å². The van der Waals surface area contributed by atoms with Gasteiger partial charge in [-0.1, -0.05) is 59.8 Å². The van der Waals surface area contributed by atoms with Gasteiger partial charge in [-0.25, -0.2) is 9.48 Å². The first-order chi connectivity index (χ1) is 21.9. The Bertz CT molecular complexity index is 2050. The van der Waals surface area contributed by atoms with Crippen LogP contribution >= 0.6 is 0 Å². The van der Waals surface area contributed by atoms with E-state index in [0.717, 1.165) is 46.1 Å². The van der Waals surface area contributed by atoms with Crippen molar-refractivity contribution in [2.75, 3.05) is 11.9 Å². The van der Waals surface area contributed by atoms with Gasteiger partial charge in [-0.05, 0) is 65.4 Å². The van der Waals surface area contributed by atoms with Crippen molar-refractivity contribution in [3.8, 4) is 16.9 Å². The lowest BCUT2D eigenvalue weighted by molar-refractivity contribution is 0.176. The summed E-state index contributed by atoms with van der Waals surface area (Å²) in [7, 11) is 0. The van der Waals surface area contributed by atoms with Crippen LogP contribution in [0.4, 0.5) is 19.9 Å². The molecule has 0 aliphatic carbocycles. The average molecular weight is 645 g/mol. The van der Waals surface area contributed by atoms with Gasteiger partial charge in [0.15, 0.2) is 0 Å². The largest absolute Gasteiger partial charge is 0.506 e. The number of aromatic hydroxyl groups is 1. The number of phenols is 1. The Kier molecular flexibility index (Phi) is 11.0. The van der Waals surface area contributed by atoms with Gasteiger partial charge in [0, 0.05) is 36.7 Å². The number of carboxylic acid groups (broad SMARTS) is 1. The highest BCUT2D eigenvalue weighted by molar-refractivity contribution is 5.91. The molecule has 11 nitrogen and oxygen atoms in total. The topological polar surface area (TPSA) is 165 Å².